The van der Waals surface area contributed by atoms with E-state index in [9.17, 15) is 4.79 Å². The molecule has 3 aromatic rings. The fourth-order valence-electron chi connectivity index (χ4n) is 2.06. The number of hydrogen-bond acceptors (Lipinski definition) is 5. The summed E-state index contributed by atoms with van der Waals surface area (Å²) in [7, 11) is 0. The first kappa shape index (κ1) is 15.9. The number of nitrogens with one attached hydrogen (secondary N) is 1. The van der Waals surface area contributed by atoms with Gasteiger partial charge in [-0.1, -0.05) is 23.3 Å². The fraction of sp³-hybridized carbons (Fsp3) is 0.188. The first-order valence-corrected chi connectivity index (χ1v) is 8.57. The highest BCUT2D eigenvalue weighted by Crippen LogP contribution is 2.23. The maximum Gasteiger partial charge on any atom is 0.322 e. The molecule has 0 spiro atoms. The number of anilines is 1. The monoisotopic (exact) mass is 391 g/mol. The first-order valence-electron chi connectivity index (χ1n) is 6.96. The zero-order valence-corrected chi connectivity index (χ0v) is 15.0. The maximum atomic E-state index is 12.0. The van der Waals surface area contributed by atoms with Crippen molar-refractivity contribution in [3.8, 4) is 0 Å². The third kappa shape index (κ3) is 3.86. The summed E-state index contributed by atoms with van der Waals surface area (Å²) in [5.41, 5.74) is 3.56. The molecule has 0 atom stereocenters. The van der Waals surface area contributed by atoms with E-state index in [1.165, 1.54) is 22.5 Å². The van der Waals surface area contributed by atoms with Gasteiger partial charge in [-0.3, -0.25) is 10.1 Å². The molecule has 5 nitrogen and oxygen atoms in total. The van der Waals surface area contributed by atoms with Crippen molar-refractivity contribution in [1.29, 1.82) is 0 Å². The lowest BCUT2D eigenvalue weighted by Crippen LogP contribution is -2.10. The number of amides is 1. The highest BCUT2D eigenvalue weighted by molar-refractivity contribution is 9.11. The summed E-state index contributed by atoms with van der Waals surface area (Å²) in [4.78, 5) is 12.6. The minimum absolute atomic E-state index is 0.110. The molecule has 0 saturated heterocycles. The molecule has 0 bridgehead atoms. The van der Waals surface area contributed by atoms with Gasteiger partial charge < -0.3 is 4.42 Å². The number of halogens is 1. The van der Waals surface area contributed by atoms with E-state index < -0.39 is 0 Å². The van der Waals surface area contributed by atoms with Crippen LogP contribution in [0.15, 0.2) is 38.5 Å². The third-order valence-electron chi connectivity index (χ3n) is 3.41. The average molecular weight is 392 g/mol. The molecule has 7 heteroatoms. The molecule has 2 aromatic heterocycles. The van der Waals surface area contributed by atoms with Crippen molar-refractivity contribution in [1.82, 2.24) is 10.2 Å². The van der Waals surface area contributed by atoms with Crippen LogP contribution in [0.3, 0.4) is 0 Å². The summed E-state index contributed by atoms with van der Waals surface area (Å²) in [6.45, 7) is 4.14. The van der Waals surface area contributed by atoms with E-state index in [-0.39, 0.29) is 11.9 Å². The normalized spacial score (nSPS) is 10.7. The zero-order chi connectivity index (χ0) is 16.4. The van der Waals surface area contributed by atoms with Crippen molar-refractivity contribution in [2.75, 3.05) is 5.32 Å². The van der Waals surface area contributed by atoms with Gasteiger partial charge in [0.05, 0.1) is 15.1 Å². The summed E-state index contributed by atoms with van der Waals surface area (Å²) in [5.74, 6) is 0.206. The lowest BCUT2D eigenvalue weighted by Gasteiger charge is -2.02. The van der Waals surface area contributed by atoms with Crippen LogP contribution in [-0.4, -0.2) is 16.1 Å². The van der Waals surface area contributed by atoms with Gasteiger partial charge in [0, 0.05) is 0 Å². The van der Waals surface area contributed by atoms with Gasteiger partial charge in [0.1, 0.15) is 0 Å². The van der Waals surface area contributed by atoms with Crippen LogP contribution in [0.2, 0.25) is 0 Å². The molecule has 0 unspecified atom stereocenters. The molecule has 1 aromatic carbocycles. The number of carbonyl (C=O) groups excluding carboxylic acids is 1. The van der Waals surface area contributed by atoms with Gasteiger partial charge in [-0.25, -0.2) is 0 Å². The number of aryl methyl sites for hydroxylation is 2. The molecule has 0 saturated carbocycles. The number of hydrogen-bond donors (Lipinski definition) is 1. The van der Waals surface area contributed by atoms with Crippen molar-refractivity contribution < 1.29 is 9.21 Å². The van der Waals surface area contributed by atoms with Crippen molar-refractivity contribution >= 4 is 39.2 Å². The molecule has 0 aliphatic heterocycles. The molecule has 1 N–H and O–H groups in total. The van der Waals surface area contributed by atoms with E-state index in [0.29, 0.717) is 17.2 Å². The molecule has 0 radical (unpaired) electrons. The fourth-order valence-corrected chi connectivity index (χ4v) is 3.34. The van der Waals surface area contributed by atoms with Crippen LogP contribution in [0.5, 0.6) is 0 Å². The topological polar surface area (TPSA) is 68.0 Å². The third-order valence-corrected chi connectivity index (χ3v) is 5.03. The highest BCUT2D eigenvalue weighted by Gasteiger charge is 2.13. The Labute approximate surface area is 145 Å². The van der Waals surface area contributed by atoms with Crippen LogP contribution in [0.25, 0.3) is 0 Å². The molecule has 0 fully saturated rings. The Hall–Kier alpha value is -1.99. The first-order chi connectivity index (χ1) is 11.0. The molecule has 3 rings (SSSR count). The number of carbonyl (C=O) groups is 1. The van der Waals surface area contributed by atoms with Gasteiger partial charge in [-0.05, 0) is 58.6 Å². The second-order valence-corrected chi connectivity index (χ2v) is 7.62. The van der Waals surface area contributed by atoms with Gasteiger partial charge in [0.15, 0.2) is 0 Å². The lowest BCUT2D eigenvalue weighted by molar-refractivity contribution is 0.102. The van der Waals surface area contributed by atoms with E-state index in [1.54, 1.807) is 6.07 Å². The molecule has 118 valence electrons. The molecule has 0 aliphatic carbocycles. The van der Waals surface area contributed by atoms with Gasteiger partial charge >= 0.3 is 6.01 Å². The predicted molar refractivity (Wildman–Crippen MR) is 93.0 cm³/mol. The average Bonchev–Trinajstić information content (AvgIpc) is 3.12. The van der Waals surface area contributed by atoms with E-state index in [2.05, 4.69) is 57.4 Å². The summed E-state index contributed by atoms with van der Waals surface area (Å²) >= 11 is 4.67. The highest BCUT2D eigenvalue weighted by atomic mass is 79.9. The Bertz CT molecular complexity index is 857. The standard InChI is InChI=1S/C16H14BrN3O2S/c1-9-3-4-11(7-10(9)2)8-14-19-20-16(22-14)18-15(21)12-5-6-13(17)23-12/h3-7H,8H2,1-2H3,(H,18,20,21). The maximum absolute atomic E-state index is 12.0. The largest absolute Gasteiger partial charge is 0.407 e. The molecule has 1 amide bonds. The van der Waals surface area contributed by atoms with E-state index in [1.807, 2.05) is 12.1 Å². The molecule has 2 heterocycles. The van der Waals surface area contributed by atoms with Crippen molar-refractivity contribution in [3.05, 3.63) is 61.6 Å². The Morgan fingerprint density at radius 2 is 2.04 bits per heavy atom. The van der Waals surface area contributed by atoms with Gasteiger partial charge in [0.25, 0.3) is 5.91 Å². The van der Waals surface area contributed by atoms with Crippen LogP contribution in [-0.2, 0) is 6.42 Å². The van der Waals surface area contributed by atoms with Crippen molar-refractivity contribution in [2.45, 2.75) is 20.3 Å². The van der Waals surface area contributed by atoms with E-state index in [4.69, 9.17) is 4.42 Å². The van der Waals surface area contributed by atoms with Gasteiger partial charge in [0.2, 0.25) is 5.89 Å². The summed E-state index contributed by atoms with van der Waals surface area (Å²) < 4.78 is 6.39. The summed E-state index contributed by atoms with van der Waals surface area (Å²) in [6, 6.07) is 9.86. The quantitative estimate of drug-likeness (QED) is 0.717. The number of aromatic nitrogens is 2. The van der Waals surface area contributed by atoms with Crippen LogP contribution < -0.4 is 5.32 Å². The minimum atomic E-state index is -0.262. The van der Waals surface area contributed by atoms with Gasteiger partial charge in [-0.15, -0.1) is 16.4 Å². The van der Waals surface area contributed by atoms with Gasteiger partial charge in [-0.2, -0.15) is 0 Å². The SMILES string of the molecule is Cc1ccc(Cc2nnc(NC(=O)c3ccc(Br)s3)o2)cc1C. The Kier molecular flexibility index (Phi) is 4.58. The molecule has 0 aliphatic rings. The number of nitrogens with zero attached hydrogens (tertiary/aromatic N) is 2. The zero-order valence-electron chi connectivity index (χ0n) is 12.6. The molecular formula is C16H14BrN3O2S. The number of rotatable bonds is 4. The number of thiophene rings is 1. The van der Waals surface area contributed by atoms with Crippen molar-refractivity contribution in [2.24, 2.45) is 0 Å². The Balaban J connectivity index is 1.68. The lowest BCUT2D eigenvalue weighted by atomic mass is 10.0. The minimum Gasteiger partial charge on any atom is -0.407 e. The molecular weight excluding hydrogens is 378 g/mol. The van der Waals surface area contributed by atoms with Crippen LogP contribution in [0, 0.1) is 13.8 Å². The van der Waals surface area contributed by atoms with E-state index >= 15 is 0 Å². The van der Waals surface area contributed by atoms with Crippen LogP contribution >= 0.6 is 27.3 Å². The Morgan fingerprint density at radius 1 is 1.22 bits per heavy atom. The van der Waals surface area contributed by atoms with E-state index in [0.717, 1.165) is 9.35 Å². The summed E-state index contributed by atoms with van der Waals surface area (Å²) in [6.07, 6.45) is 0.536. The predicted octanol–water partition coefficient (Wildman–Crippen LogP) is 4.35. The molecule has 23 heavy (non-hydrogen) atoms. The van der Waals surface area contributed by atoms with Crippen LogP contribution in [0.4, 0.5) is 6.01 Å². The smallest absolute Gasteiger partial charge is 0.322 e. The second-order valence-electron chi connectivity index (χ2n) is 5.15. The second kappa shape index (κ2) is 6.64. The summed E-state index contributed by atoms with van der Waals surface area (Å²) in [5, 5.41) is 10.5. The van der Waals surface area contributed by atoms with Crippen LogP contribution in [0.1, 0.15) is 32.3 Å². The van der Waals surface area contributed by atoms with Crippen molar-refractivity contribution in [3.63, 3.8) is 0 Å². The Morgan fingerprint density at radius 3 is 2.74 bits per heavy atom. The number of benzene rings is 1.